The third-order valence-electron chi connectivity index (χ3n) is 4.08. The van der Waals surface area contributed by atoms with E-state index in [0.29, 0.717) is 0 Å². The van der Waals surface area contributed by atoms with Gasteiger partial charge in [-0.15, -0.1) is 0 Å². The molecule has 2 nitrogen and oxygen atoms in total. The van der Waals surface area contributed by atoms with Crippen molar-refractivity contribution < 1.29 is 9.31 Å². The molecule has 1 fully saturated rings. The molecule has 0 unspecified atom stereocenters. The zero-order valence-corrected chi connectivity index (χ0v) is 10.2. The second-order valence-electron chi connectivity index (χ2n) is 5.18. The first-order chi connectivity index (χ1) is 8.92. The van der Waals surface area contributed by atoms with Gasteiger partial charge in [-0.05, 0) is 24.0 Å². The highest BCUT2D eigenvalue weighted by molar-refractivity contribution is 6.48. The summed E-state index contributed by atoms with van der Waals surface area (Å²) in [5.74, 6) is 0.280. The van der Waals surface area contributed by atoms with Gasteiger partial charge in [-0.1, -0.05) is 48.6 Å². The highest BCUT2D eigenvalue weighted by atomic mass is 16.7. The van der Waals surface area contributed by atoms with Gasteiger partial charge in [0.2, 0.25) is 0 Å². The van der Waals surface area contributed by atoms with E-state index in [9.17, 15) is 0 Å². The summed E-state index contributed by atoms with van der Waals surface area (Å²) in [5, 5.41) is 0. The Morgan fingerprint density at radius 3 is 2.78 bits per heavy atom. The van der Waals surface area contributed by atoms with Gasteiger partial charge in [0.15, 0.2) is 0 Å². The molecule has 0 saturated carbocycles. The summed E-state index contributed by atoms with van der Waals surface area (Å²) in [7, 11) is -0.110. The van der Waals surface area contributed by atoms with Crippen LogP contribution in [0.2, 0.25) is 5.82 Å². The van der Waals surface area contributed by atoms with E-state index >= 15 is 0 Å². The quantitative estimate of drug-likeness (QED) is 0.700. The predicted molar refractivity (Wildman–Crippen MR) is 71.2 cm³/mol. The largest absolute Gasteiger partial charge is 0.469 e. The van der Waals surface area contributed by atoms with Gasteiger partial charge >= 0.3 is 7.12 Å². The van der Waals surface area contributed by atoms with Crippen molar-refractivity contribution in [2.75, 3.05) is 0 Å². The smallest absolute Gasteiger partial charge is 0.405 e. The minimum Gasteiger partial charge on any atom is -0.405 e. The second kappa shape index (κ2) is 4.11. The van der Waals surface area contributed by atoms with Crippen molar-refractivity contribution in [2.24, 2.45) is 0 Å². The highest BCUT2D eigenvalue weighted by Crippen LogP contribution is 2.42. The number of fused-ring (bicyclic) bond motifs is 3. The Morgan fingerprint density at radius 2 is 1.89 bits per heavy atom. The number of allylic oxidation sites excluding steroid dienone is 4. The maximum Gasteiger partial charge on any atom is 0.469 e. The number of rotatable bonds is 1. The lowest BCUT2D eigenvalue weighted by Gasteiger charge is -2.26. The lowest BCUT2D eigenvalue weighted by Crippen LogP contribution is -2.23. The van der Waals surface area contributed by atoms with Crippen LogP contribution < -0.4 is 0 Å². The van der Waals surface area contributed by atoms with E-state index in [1.165, 1.54) is 11.1 Å². The Bertz CT molecular complexity index is 511. The summed E-state index contributed by atoms with van der Waals surface area (Å²) in [6, 6.07) is 8.58. The average molecular weight is 238 g/mol. The van der Waals surface area contributed by atoms with Crippen LogP contribution in [0.4, 0.5) is 0 Å². The van der Waals surface area contributed by atoms with E-state index in [2.05, 4.69) is 48.6 Å². The van der Waals surface area contributed by atoms with Crippen LogP contribution >= 0.6 is 0 Å². The van der Waals surface area contributed by atoms with Crippen LogP contribution in [0.25, 0.3) is 0 Å². The summed E-state index contributed by atoms with van der Waals surface area (Å²) in [6.07, 6.45) is 10.9. The van der Waals surface area contributed by atoms with Crippen molar-refractivity contribution in [1.29, 1.82) is 0 Å². The lowest BCUT2D eigenvalue weighted by atomic mass is 9.73. The minimum atomic E-state index is -0.110. The molecule has 1 heterocycles. The molecule has 4 rings (SSSR count). The molecule has 2 aliphatic carbocycles. The summed E-state index contributed by atoms with van der Waals surface area (Å²) in [4.78, 5) is 0. The molecule has 1 aromatic rings. The lowest BCUT2D eigenvalue weighted by molar-refractivity contribution is 0.138. The first-order valence-corrected chi connectivity index (χ1v) is 6.65. The van der Waals surface area contributed by atoms with Crippen LogP contribution in [0.5, 0.6) is 0 Å². The molecule has 0 N–H and O–H groups in total. The van der Waals surface area contributed by atoms with E-state index in [1.54, 1.807) is 0 Å². The molecule has 1 aromatic carbocycles. The average Bonchev–Trinajstić information content (AvgIpc) is 3.07. The Morgan fingerprint density at radius 1 is 1.06 bits per heavy atom. The normalized spacial score (nSPS) is 29.7. The van der Waals surface area contributed by atoms with E-state index in [1.807, 2.05) is 0 Å². The number of hydrogen-bond acceptors (Lipinski definition) is 2. The molecular formula is C15H15BO2. The molecule has 1 aliphatic heterocycles. The van der Waals surface area contributed by atoms with Crippen LogP contribution in [0, 0.1) is 0 Å². The fourth-order valence-electron chi connectivity index (χ4n) is 3.15. The molecule has 0 bridgehead atoms. The summed E-state index contributed by atoms with van der Waals surface area (Å²) >= 11 is 0. The molecule has 0 radical (unpaired) electrons. The Balaban J connectivity index is 1.62. The van der Waals surface area contributed by atoms with Crippen LogP contribution in [0.1, 0.15) is 23.7 Å². The molecule has 0 aromatic heterocycles. The monoisotopic (exact) mass is 238 g/mol. The zero-order valence-electron chi connectivity index (χ0n) is 10.2. The Hall–Kier alpha value is -1.32. The minimum absolute atomic E-state index is 0.110. The molecule has 3 aliphatic rings. The maximum atomic E-state index is 6.15. The molecule has 18 heavy (non-hydrogen) atoms. The maximum absolute atomic E-state index is 6.15. The van der Waals surface area contributed by atoms with E-state index < -0.39 is 0 Å². The van der Waals surface area contributed by atoms with Crippen molar-refractivity contribution in [3.05, 3.63) is 59.7 Å². The van der Waals surface area contributed by atoms with Crippen LogP contribution in [-0.4, -0.2) is 13.2 Å². The van der Waals surface area contributed by atoms with Crippen molar-refractivity contribution in [1.82, 2.24) is 0 Å². The van der Waals surface area contributed by atoms with Gasteiger partial charge < -0.3 is 9.31 Å². The first kappa shape index (κ1) is 10.6. The van der Waals surface area contributed by atoms with Gasteiger partial charge in [0.05, 0.1) is 12.2 Å². The van der Waals surface area contributed by atoms with Crippen LogP contribution in [0.15, 0.2) is 48.6 Å². The molecule has 1 saturated heterocycles. The molecule has 0 spiro atoms. The van der Waals surface area contributed by atoms with Gasteiger partial charge in [-0.2, -0.15) is 0 Å². The SMILES string of the molecule is C1=CC(B2O[C@@H]3CCc4ccccc4[C@@H]3O2)C=C1. The van der Waals surface area contributed by atoms with Crippen LogP contribution in [0.3, 0.4) is 0 Å². The van der Waals surface area contributed by atoms with E-state index in [0.717, 1.165) is 12.8 Å². The fourth-order valence-corrected chi connectivity index (χ4v) is 3.15. The topological polar surface area (TPSA) is 18.5 Å². The van der Waals surface area contributed by atoms with Crippen molar-refractivity contribution in [3.8, 4) is 0 Å². The summed E-state index contributed by atoms with van der Waals surface area (Å²) < 4.78 is 12.2. The van der Waals surface area contributed by atoms with Crippen molar-refractivity contribution >= 4 is 7.12 Å². The molecule has 90 valence electrons. The van der Waals surface area contributed by atoms with E-state index in [-0.39, 0.29) is 25.1 Å². The summed E-state index contributed by atoms with van der Waals surface area (Å²) in [6.45, 7) is 0. The zero-order chi connectivity index (χ0) is 11.9. The van der Waals surface area contributed by atoms with Crippen molar-refractivity contribution in [3.63, 3.8) is 0 Å². The van der Waals surface area contributed by atoms with Gasteiger partial charge in [-0.3, -0.25) is 0 Å². The number of aryl methyl sites for hydroxylation is 1. The number of benzene rings is 1. The molecule has 3 heteroatoms. The molecule has 2 atom stereocenters. The third-order valence-corrected chi connectivity index (χ3v) is 4.08. The predicted octanol–water partition coefficient (Wildman–Crippen LogP) is 3.07. The third kappa shape index (κ3) is 1.58. The summed E-state index contributed by atoms with van der Waals surface area (Å²) in [5.41, 5.74) is 2.74. The van der Waals surface area contributed by atoms with Crippen LogP contribution in [-0.2, 0) is 15.7 Å². The standard InChI is InChI=1S/C15H15BO2/c1-4-8-13-11(5-1)9-10-14-15(13)18-16(17-14)12-6-2-3-7-12/h1-8,12,14-15H,9-10H2/t14-,15+/m1/s1. The van der Waals surface area contributed by atoms with Gasteiger partial charge in [-0.25, -0.2) is 0 Å². The Kier molecular flexibility index (Phi) is 2.42. The fraction of sp³-hybridized carbons (Fsp3) is 0.333. The van der Waals surface area contributed by atoms with E-state index in [4.69, 9.17) is 9.31 Å². The van der Waals surface area contributed by atoms with Gasteiger partial charge in [0.1, 0.15) is 0 Å². The van der Waals surface area contributed by atoms with Gasteiger partial charge in [0.25, 0.3) is 0 Å². The Labute approximate surface area is 107 Å². The molecule has 0 amide bonds. The van der Waals surface area contributed by atoms with Crippen molar-refractivity contribution in [2.45, 2.75) is 30.9 Å². The highest BCUT2D eigenvalue weighted by Gasteiger charge is 2.45. The number of hydrogen-bond donors (Lipinski definition) is 0. The molecular weight excluding hydrogens is 223 g/mol. The first-order valence-electron chi connectivity index (χ1n) is 6.65. The second-order valence-corrected chi connectivity index (χ2v) is 5.18. The van der Waals surface area contributed by atoms with Gasteiger partial charge in [0, 0.05) is 5.82 Å².